The van der Waals surface area contributed by atoms with E-state index < -0.39 is 0 Å². The van der Waals surface area contributed by atoms with E-state index in [1.807, 2.05) is 0 Å². The van der Waals surface area contributed by atoms with Crippen LogP contribution in [0, 0.1) is 0 Å². The summed E-state index contributed by atoms with van der Waals surface area (Å²) in [6, 6.07) is 2.08. The van der Waals surface area contributed by atoms with Gasteiger partial charge in [-0.25, -0.2) is 9.97 Å². The summed E-state index contributed by atoms with van der Waals surface area (Å²) < 4.78 is 0. The number of nitrogens with one attached hydrogen (secondary N) is 2. The number of aromatic nitrogens is 2. The standard InChI is InChI=1S/C13H19N5S/c1(6-18-7-4-14-5-8-18)3-15-12-11-2-9-19-13(11)17-10-16-12/h2,9-10,14H,1,3-8H2,(H,15,16,17). The minimum absolute atomic E-state index is 0.964. The highest BCUT2D eigenvalue weighted by atomic mass is 32.1. The molecule has 102 valence electrons. The Bertz CT molecular complexity index is 520. The van der Waals surface area contributed by atoms with Gasteiger partial charge in [0.2, 0.25) is 0 Å². The predicted octanol–water partition coefficient (Wildman–Crippen LogP) is 1.40. The van der Waals surface area contributed by atoms with Crippen molar-refractivity contribution in [3.63, 3.8) is 0 Å². The molecule has 3 rings (SSSR count). The van der Waals surface area contributed by atoms with Crippen LogP contribution >= 0.6 is 11.3 Å². The number of hydrogen-bond donors (Lipinski definition) is 2. The van der Waals surface area contributed by atoms with E-state index in [1.54, 1.807) is 17.7 Å². The fourth-order valence-electron chi connectivity index (χ4n) is 2.38. The van der Waals surface area contributed by atoms with Crippen LogP contribution in [0.5, 0.6) is 0 Å². The molecule has 0 atom stereocenters. The van der Waals surface area contributed by atoms with E-state index in [9.17, 15) is 0 Å². The average molecular weight is 277 g/mol. The first-order chi connectivity index (χ1) is 9.43. The van der Waals surface area contributed by atoms with Crippen molar-refractivity contribution in [2.45, 2.75) is 6.42 Å². The Morgan fingerprint density at radius 3 is 3.11 bits per heavy atom. The summed E-state index contributed by atoms with van der Waals surface area (Å²) in [4.78, 5) is 12.1. The maximum Gasteiger partial charge on any atom is 0.138 e. The van der Waals surface area contributed by atoms with E-state index in [0.717, 1.165) is 48.6 Å². The Morgan fingerprint density at radius 2 is 2.21 bits per heavy atom. The second-order valence-corrected chi connectivity index (χ2v) is 5.63. The molecule has 1 saturated heterocycles. The molecule has 3 heterocycles. The van der Waals surface area contributed by atoms with Gasteiger partial charge < -0.3 is 15.5 Å². The van der Waals surface area contributed by atoms with Crippen molar-refractivity contribution in [3.8, 4) is 0 Å². The molecule has 6 heteroatoms. The monoisotopic (exact) mass is 277 g/mol. The molecular formula is C13H19N5S. The summed E-state index contributed by atoms with van der Waals surface area (Å²) in [5, 5.41) is 10.00. The highest BCUT2D eigenvalue weighted by molar-refractivity contribution is 7.16. The Kier molecular flexibility index (Phi) is 4.22. The molecule has 2 aromatic heterocycles. The molecule has 1 aliphatic heterocycles. The first-order valence-corrected chi connectivity index (χ1v) is 7.66. The number of anilines is 1. The molecule has 0 saturated carbocycles. The molecule has 1 fully saturated rings. The van der Waals surface area contributed by atoms with E-state index in [1.165, 1.54) is 13.1 Å². The van der Waals surface area contributed by atoms with E-state index in [2.05, 4.69) is 36.9 Å². The average Bonchev–Trinajstić information content (AvgIpc) is 2.94. The van der Waals surface area contributed by atoms with Crippen LogP contribution in [0.15, 0.2) is 17.8 Å². The lowest BCUT2D eigenvalue weighted by Gasteiger charge is -2.27. The van der Waals surface area contributed by atoms with Crippen molar-refractivity contribution in [1.29, 1.82) is 0 Å². The van der Waals surface area contributed by atoms with Crippen LogP contribution in [-0.2, 0) is 0 Å². The minimum atomic E-state index is 0.964. The molecule has 0 aromatic carbocycles. The third-order valence-electron chi connectivity index (χ3n) is 3.41. The zero-order chi connectivity index (χ0) is 12.9. The number of nitrogens with zero attached hydrogens (tertiary/aromatic N) is 3. The smallest absolute Gasteiger partial charge is 0.138 e. The summed E-state index contributed by atoms with van der Waals surface area (Å²) in [7, 11) is 0. The van der Waals surface area contributed by atoms with Gasteiger partial charge in [-0.15, -0.1) is 11.3 Å². The topological polar surface area (TPSA) is 53.1 Å². The van der Waals surface area contributed by atoms with Gasteiger partial charge in [-0.3, -0.25) is 0 Å². The van der Waals surface area contributed by atoms with Gasteiger partial charge in [0.05, 0.1) is 5.39 Å². The van der Waals surface area contributed by atoms with E-state index in [0.29, 0.717) is 0 Å². The lowest BCUT2D eigenvalue weighted by Crippen LogP contribution is -2.44. The third kappa shape index (κ3) is 3.20. The van der Waals surface area contributed by atoms with Crippen molar-refractivity contribution >= 4 is 27.4 Å². The van der Waals surface area contributed by atoms with Gasteiger partial charge in [-0.2, -0.15) is 0 Å². The Morgan fingerprint density at radius 1 is 1.32 bits per heavy atom. The van der Waals surface area contributed by atoms with Crippen LogP contribution in [0.4, 0.5) is 5.82 Å². The van der Waals surface area contributed by atoms with Crippen molar-refractivity contribution in [3.05, 3.63) is 17.8 Å². The van der Waals surface area contributed by atoms with Crippen molar-refractivity contribution in [2.75, 3.05) is 44.6 Å². The normalized spacial score (nSPS) is 16.8. The quantitative estimate of drug-likeness (QED) is 0.809. The number of piperazine rings is 1. The first kappa shape index (κ1) is 12.8. The lowest BCUT2D eigenvalue weighted by atomic mass is 10.3. The van der Waals surface area contributed by atoms with Crippen LogP contribution in [0.1, 0.15) is 6.42 Å². The molecule has 2 aromatic rings. The van der Waals surface area contributed by atoms with Gasteiger partial charge >= 0.3 is 0 Å². The van der Waals surface area contributed by atoms with E-state index >= 15 is 0 Å². The molecular weight excluding hydrogens is 258 g/mol. The van der Waals surface area contributed by atoms with Crippen molar-refractivity contribution in [2.24, 2.45) is 0 Å². The molecule has 0 radical (unpaired) electrons. The number of hydrogen-bond acceptors (Lipinski definition) is 6. The summed E-state index contributed by atoms with van der Waals surface area (Å²) in [6.45, 7) is 6.70. The van der Waals surface area contributed by atoms with E-state index in [4.69, 9.17) is 0 Å². The van der Waals surface area contributed by atoms with Gasteiger partial charge in [0.15, 0.2) is 0 Å². The fourth-order valence-corrected chi connectivity index (χ4v) is 3.11. The summed E-state index contributed by atoms with van der Waals surface area (Å²) >= 11 is 1.66. The number of fused-ring (bicyclic) bond motifs is 1. The second-order valence-electron chi connectivity index (χ2n) is 4.73. The SMILES string of the molecule is c1nc(NCCCN2CCNCC2)c2ccsc2n1. The molecule has 0 spiro atoms. The van der Waals surface area contributed by atoms with Crippen LogP contribution in [0.2, 0.25) is 0 Å². The minimum Gasteiger partial charge on any atom is -0.369 e. The van der Waals surface area contributed by atoms with Crippen molar-refractivity contribution < 1.29 is 0 Å². The fraction of sp³-hybridized carbons (Fsp3) is 0.538. The molecule has 2 N–H and O–H groups in total. The largest absolute Gasteiger partial charge is 0.369 e. The molecule has 0 bridgehead atoms. The number of rotatable bonds is 5. The highest BCUT2D eigenvalue weighted by Crippen LogP contribution is 2.23. The van der Waals surface area contributed by atoms with Crippen LogP contribution in [0.25, 0.3) is 10.2 Å². The van der Waals surface area contributed by atoms with Gasteiger partial charge in [0.25, 0.3) is 0 Å². The Hall–Kier alpha value is -1.24. The number of thiophene rings is 1. The van der Waals surface area contributed by atoms with Gasteiger partial charge in [-0.1, -0.05) is 0 Å². The summed E-state index contributed by atoms with van der Waals surface area (Å²) in [5.41, 5.74) is 0. The van der Waals surface area contributed by atoms with Crippen LogP contribution in [-0.4, -0.2) is 54.1 Å². The molecule has 19 heavy (non-hydrogen) atoms. The van der Waals surface area contributed by atoms with Crippen LogP contribution in [0.3, 0.4) is 0 Å². The van der Waals surface area contributed by atoms with Crippen molar-refractivity contribution in [1.82, 2.24) is 20.2 Å². The van der Waals surface area contributed by atoms with Gasteiger partial charge in [0, 0.05) is 32.7 Å². The molecule has 1 aliphatic rings. The van der Waals surface area contributed by atoms with E-state index in [-0.39, 0.29) is 0 Å². The molecule has 0 unspecified atom stereocenters. The lowest BCUT2D eigenvalue weighted by molar-refractivity contribution is 0.240. The Balaban J connectivity index is 1.48. The molecule has 5 nitrogen and oxygen atoms in total. The summed E-state index contributed by atoms with van der Waals surface area (Å²) in [6.07, 6.45) is 2.78. The predicted molar refractivity (Wildman–Crippen MR) is 79.8 cm³/mol. The van der Waals surface area contributed by atoms with Gasteiger partial charge in [0.1, 0.15) is 17.0 Å². The van der Waals surface area contributed by atoms with Crippen LogP contribution < -0.4 is 10.6 Å². The third-order valence-corrected chi connectivity index (χ3v) is 4.24. The maximum absolute atomic E-state index is 4.32. The Labute approximate surface area is 117 Å². The first-order valence-electron chi connectivity index (χ1n) is 6.78. The zero-order valence-corrected chi connectivity index (χ0v) is 11.7. The zero-order valence-electron chi connectivity index (χ0n) is 10.9. The second kappa shape index (κ2) is 6.27. The maximum atomic E-state index is 4.32. The molecule has 0 amide bonds. The highest BCUT2D eigenvalue weighted by Gasteiger charge is 2.08. The molecule has 0 aliphatic carbocycles. The van der Waals surface area contributed by atoms with Gasteiger partial charge in [-0.05, 0) is 24.4 Å². The summed E-state index contributed by atoms with van der Waals surface area (Å²) in [5.74, 6) is 0.964.